The zero-order valence-corrected chi connectivity index (χ0v) is 12.7. The number of hydrogen-bond acceptors (Lipinski definition) is 5. The third-order valence-corrected chi connectivity index (χ3v) is 4.03. The van der Waals surface area contributed by atoms with E-state index < -0.39 is 0 Å². The summed E-state index contributed by atoms with van der Waals surface area (Å²) in [7, 11) is 0. The van der Waals surface area contributed by atoms with Crippen LogP contribution in [0.3, 0.4) is 0 Å². The summed E-state index contributed by atoms with van der Waals surface area (Å²) < 4.78 is 0. The first-order valence-corrected chi connectivity index (χ1v) is 7.54. The number of nitrogens with one attached hydrogen (secondary N) is 1. The first-order chi connectivity index (χ1) is 10.8. The van der Waals surface area contributed by atoms with Crippen molar-refractivity contribution in [1.82, 2.24) is 9.97 Å². The van der Waals surface area contributed by atoms with Crippen molar-refractivity contribution in [3.8, 4) is 6.07 Å². The fraction of sp³-hybridized carbons (Fsp3) is 0.353. The number of aromatic nitrogens is 2. The number of pyridine rings is 2. The van der Waals surface area contributed by atoms with Crippen LogP contribution in [-0.4, -0.2) is 29.6 Å². The second kappa shape index (κ2) is 6.44. The van der Waals surface area contributed by atoms with Gasteiger partial charge in [0.1, 0.15) is 23.4 Å². The summed E-state index contributed by atoms with van der Waals surface area (Å²) in [4.78, 5) is 11.0. The summed E-state index contributed by atoms with van der Waals surface area (Å²) in [6.45, 7) is 4.76. The molecule has 1 saturated heterocycles. The van der Waals surface area contributed by atoms with E-state index in [9.17, 15) is 0 Å². The van der Waals surface area contributed by atoms with E-state index in [1.807, 2.05) is 37.3 Å². The van der Waals surface area contributed by atoms with E-state index in [1.54, 1.807) is 6.20 Å². The van der Waals surface area contributed by atoms with Gasteiger partial charge in [0, 0.05) is 25.8 Å². The lowest BCUT2D eigenvalue weighted by Crippen LogP contribution is -2.23. The van der Waals surface area contributed by atoms with Gasteiger partial charge in [0.25, 0.3) is 0 Å². The molecule has 5 nitrogen and oxygen atoms in total. The van der Waals surface area contributed by atoms with Gasteiger partial charge in [-0.2, -0.15) is 5.26 Å². The molecule has 0 aromatic carbocycles. The van der Waals surface area contributed by atoms with E-state index in [2.05, 4.69) is 26.3 Å². The summed E-state index contributed by atoms with van der Waals surface area (Å²) in [6.07, 6.45) is 2.92. The molecule has 0 radical (unpaired) electrons. The minimum Gasteiger partial charge on any atom is -0.370 e. The van der Waals surface area contributed by atoms with E-state index in [0.29, 0.717) is 11.6 Å². The molecule has 0 aliphatic carbocycles. The molecule has 0 spiro atoms. The molecule has 1 fully saturated rings. The van der Waals surface area contributed by atoms with Crippen LogP contribution in [-0.2, 0) is 0 Å². The fourth-order valence-electron chi connectivity index (χ4n) is 2.73. The monoisotopic (exact) mass is 293 g/mol. The standard InChI is InChI=1S/C17H19N5/c1-13-5-6-17(21-15(13)10-18)22-9-7-14(12-22)11-20-16-4-2-3-8-19-16/h2-6,8,14H,7,9,11-12H2,1H3,(H,19,20). The molecule has 5 heteroatoms. The smallest absolute Gasteiger partial charge is 0.145 e. The lowest BCUT2D eigenvalue weighted by atomic mass is 10.1. The second-order valence-corrected chi connectivity index (χ2v) is 5.64. The van der Waals surface area contributed by atoms with Crippen LogP contribution in [0.2, 0.25) is 0 Å². The number of anilines is 2. The van der Waals surface area contributed by atoms with E-state index in [4.69, 9.17) is 5.26 Å². The Kier molecular flexibility index (Phi) is 4.19. The molecule has 112 valence electrons. The van der Waals surface area contributed by atoms with Gasteiger partial charge < -0.3 is 10.2 Å². The number of nitriles is 1. The van der Waals surface area contributed by atoms with Gasteiger partial charge in [-0.05, 0) is 43.0 Å². The summed E-state index contributed by atoms with van der Waals surface area (Å²) in [5, 5.41) is 12.5. The molecule has 1 unspecified atom stereocenters. The van der Waals surface area contributed by atoms with Crippen LogP contribution in [0.1, 0.15) is 17.7 Å². The van der Waals surface area contributed by atoms with Gasteiger partial charge in [0.05, 0.1) is 0 Å². The molecule has 1 N–H and O–H groups in total. The Labute approximate surface area is 130 Å². The van der Waals surface area contributed by atoms with Crippen LogP contribution >= 0.6 is 0 Å². The van der Waals surface area contributed by atoms with Crippen molar-refractivity contribution >= 4 is 11.6 Å². The van der Waals surface area contributed by atoms with Crippen LogP contribution < -0.4 is 10.2 Å². The van der Waals surface area contributed by atoms with Crippen LogP contribution in [0, 0.1) is 24.2 Å². The topological polar surface area (TPSA) is 64.8 Å². The van der Waals surface area contributed by atoms with Crippen LogP contribution in [0.15, 0.2) is 36.5 Å². The summed E-state index contributed by atoms with van der Waals surface area (Å²) in [5.41, 5.74) is 1.45. The third kappa shape index (κ3) is 3.17. The van der Waals surface area contributed by atoms with Gasteiger partial charge in [-0.1, -0.05) is 12.1 Å². The molecule has 1 aliphatic rings. The minimum absolute atomic E-state index is 0.521. The third-order valence-electron chi connectivity index (χ3n) is 4.03. The molecule has 1 aliphatic heterocycles. The zero-order valence-electron chi connectivity index (χ0n) is 12.7. The van der Waals surface area contributed by atoms with Gasteiger partial charge in [0.2, 0.25) is 0 Å². The molecule has 1 atom stereocenters. The summed E-state index contributed by atoms with van der Waals surface area (Å²) >= 11 is 0. The Morgan fingerprint density at radius 1 is 1.36 bits per heavy atom. The molecule has 22 heavy (non-hydrogen) atoms. The molecule has 0 saturated carbocycles. The van der Waals surface area contributed by atoms with Crippen molar-refractivity contribution < 1.29 is 0 Å². The van der Waals surface area contributed by atoms with Crippen molar-refractivity contribution in [2.45, 2.75) is 13.3 Å². The number of nitrogens with zero attached hydrogens (tertiary/aromatic N) is 4. The largest absolute Gasteiger partial charge is 0.370 e. The maximum atomic E-state index is 9.10. The maximum absolute atomic E-state index is 9.10. The van der Waals surface area contributed by atoms with Crippen LogP contribution in [0.4, 0.5) is 11.6 Å². The van der Waals surface area contributed by atoms with Crippen molar-refractivity contribution in [2.75, 3.05) is 29.9 Å². The molecule has 2 aromatic rings. The Morgan fingerprint density at radius 3 is 3.05 bits per heavy atom. The number of aryl methyl sites for hydroxylation is 1. The average Bonchev–Trinajstić information content (AvgIpc) is 3.03. The molecule has 3 heterocycles. The quantitative estimate of drug-likeness (QED) is 0.938. The van der Waals surface area contributed by atoms with Crippen molar-refractivity contribution in [3.63, 3.8) is 0 Å². The molecule has 2 aromatic heterocycles. The van der Waals surface area contributed by atoms with Gasteiger partial charge in [-0.3, -0.25) is 0 Å². The van der Waals surface area contributed by atoms with Crippen molar-refractivity contribution in [1.29, 1.82) is 5.26 Å². The van der Waals surface area contributed by atoms with Gasteiger partial charge in [-0.25, -0.2) is 9.97 Å². The summed E-state index contributed by atoms with van der Waals surface area (Å²) in [6, 6.07) is 12.0. The number of rotatable bonds is 4. The second-order valence-electron chi connectivity index (χ2n) is 5.64. The van der Waals surface area contributed by atoms with E-state index in [1.165, 1.54) is 0 Å². The maximum Gasteiger partial charge on any atom is 0.145 e. The minimum atomic E-state index is 0.521. The Bertz CT molecular complexity index is 677. The molecular weight excluding hydrogens is 274 g/mol. The zero-order chi connectivity index (χ0) is 15.4. The van der Waals surface area contributed by atoms with E-state index >= 15 is 0 Å². The average molecular weight is 293 g/mol. The lowest BCUT2D eigenvalue weighted by Gasteiger charge is -2.18. The van der Waals surface area contributed by atoms with Crippen molar-refractivity contribution in [2.24, 2.45) is 5.92 Å². The van der Waals surface area contributed by atoms with Crippen LogP contribution in [0.5, 0.6) is 0 Å². The predicted molar refractivity (Wildman–Crippen MR) is 86.7 cm³/mol. The van der Waals surface area contributed by atoms with Crippen molar-refractivity contribution in [3.05, 3.63) is 47.8 Å². The Balaban J connectivity index is 1.59. The highest BCUT2D eigenvalue weighted by Gasteiger charge is 2.23. The Hall–Kier alpha value is -2.61. The van der Waals surface area contributed by atoms with E-state index in [-0.39, 0.29) is 0 Å². The van der Waals surface area contributed by atoms with Gasteiger partial charge in [-0.15, -0.1) is 0 Å². The highest BCUT2D eigenvalue weighted by Crippen LogP contribution is 2.23. The van der Waals surface area contributed by atoms with Crippen LogP contribution in [0.25, 0.3) is 0 Å². The highest BCUT2D eigenvalue weighted by atomic mass is 15.2. The first kappa shape index (κ1) is 14.3. The molecule has 0 amide bonds. The molecule has 3 rings (SSSR count). The number of hydrogen-bond donors (Lipinski definition) is 1. The lowest BCUT2D eigenvalue weighted by molar-refractivity contribution is 0.621. The normalized spacial score (nSPS) is 17.3. The van der Waals surface area contributed by atoms with Gasteiger partial charge >= 0.3 is 0 Å². The van der Waals surface area contributed by atoms with E-state index in [0.717, 1.165) is 43.3 Å². The Morgan fingerprint density at radius 2 is 2.27 bits per heavy atom. The molecular formula is C17H19N5. The predicted octanol–water partition coefficient (Wildman–Crippen LogP) is 2.60. The SMILES string of the molecule is Cc1ccc(N2CCC(CNc3ccccn3)C2)nc1C#N. The fourth-order valence-corrected chi connectivity index (χ4v) is 2.73. The first-order valence-electron chi connectivity index (χ1n) is 7.54. The van der Waals surface area contributed by atoms with Gasteiger partial charge in [0.15, 0.2) is 0 Å². The summed E-state index contributed by atoms with van der Waals surface area (Å²) in [5.74, 6) is 2.39. The molecule has 0 bridgehead atoms. The highest BCUT2D eigenvalue weighted by molar-refractivity contribution is 5.45.